The van der Waals surface area contributed by atoms with Gasteiger partial charge in [-0.3, -0.25) is 0 Å². The van der Waals surface area contributed by atoms with E-state index in [2.05, 4.69) is 11.4 Å². The van der Waals surface area contributed by atoms with Crippen LogP contribution in [0.4, 0.5) is 0 Å². The quantitative estimate of drug-likeness (QED) is 0.650. The van der Waals surface area contributed by atoms with Gasteiger partial charge >= 0.3 is 0 Å². The molecule has 0 spiro atoms. The van der Waals surface area contributed by atoms with E-state index in [4.69, 9.17) is 10.00 Å². The van der Waals surface area contributed by atoms with Gasteiger partial charge in [0.2, 0.25) is 0 Å². The van der Waals surface area contributed by atoms with Gasteiger partial charge in [0.1, 0.15) is 0 Å². The summed E-state index contributed by atoms with van der Waals surface area (Å²) in [6.45, 7) is 8.21. The highest BCUT2D eigenvalue weighted by Crippen LogP contribution is 1.90. The van der Waals surface area contributed by atoms with Crippen LogP contribution in [0, 0.1) is 17.2 Å². The van der Waals surface area contributed by atoms with Crippen LogP contribution in [0.2, 0.25) is 0 Å². The van der Waals surface area contributed by atoms with Gasteiger partial charge in [0.05, 0.1) is 18.1 Å². The number of hydrogen-bond acceptors (Lipinski definition) is 3. The third-order valence-corrected chi connectivity index (χ3v) is 1.55. The summed E-state index contributed by atoms with van der Waals surface area (Å²) in [5, 5.41) is 11.7. The first-order chi connectivity index (χ1) is 5.70. The van der Waals surface area contributed by atoms with E-state index in [0.29, 0.717) is 0 Å². The molecule has 70 valence electrons. The van der Waals surface area contributed by atoms with Gasteiger partial charge in [-0.25, -0.2) is 0 Å². The highest BCUT2D eigenvalue weighted by molar-refractivity contribution is 4.80. The molecule has 2 atom stereocenters. The molecule has 0 aromatic heterocycles. The van der Waals surface area contributed by atoms with E-state index < -0.39 is 0 Å². The molecule has 3 nitrogen and oxygen atoms in total. The van der Waals surface area contributed by atoms with Crippen LogP contribution >= 0.6 is 0 Å². The van der Waals surface area contributed by atoms with Gasteiger partial charge < -0.3 is 10.1 Å². The van der Waals surface area contributed by atoms with Crippen molar-refractivity contribution in [1.82, 2.24) is 5.32 Å². The average molecular weight is 170 g/mol. The molecule has 12 heavy (non-hydrogen) atoms. The number of nitrogens with one attached hydrogen (secondary N) is 1. The highest BCUT2D eigenvalue weighted by atomic mass is 16.5. The summed E-state index contributed by atoms with van der Waals surface area (Å²) in [4.78, 5) is 0. The Kier molecular flexibility index (Phi) is 6.73. The Bertz CT molecular complexity index is 142. The maximum Gasteiger partial charge on any atom is 0.0671 e. The van der Waals surface area contributed by atoms with E-state index in [1.807, 2.05) is 20.8 Å². The number of nitrogens with zero attached hydrogens (tertiary/aromatic N) is 1. The van der Waals surface area contributed by atoms with E-state index in [9.17, 15) is 0 Å². The van der Waals surface area contributed by atoms with Gasteiger partial charge in [-0.15, -0.1) is 0 Å². The monoisotopic (exact) mass is 170 g/mol. The Hall–Kier alpha value is -0.590. The van der Waals surface area contributed by atoms with Crippen LogP contribution in [0.1, 0.15) is 20.8 Å². The van der Waals surface area contributed by atoms with E-state index in [1.54, 1.807) is 0 Å². The van der Waals surface area contributed by atoms with E-state index >= 15 is 0 Å². The maximum atomic E-state index is 8.48. The standard InChI is InChI=1S/C9H18N2O/c1-4-12-9(3)7-11-6-8(2)5-10/h8-9,11H,4,6-7H2,1-3H3. The van der Waals surface area contributed by atoms with Crippen LogP contribution in [0.3, 0.4) is 0 Å². The summed E-state index contributed by atoms with van der Waals surface area (Å²) in [5.41, 5.74) is 0. The Morgan fingerprint density at radius 3 is 2.58 bits per heavy atom. The number of nitriles is 1. The van der Waals surface area contributed by atoms with Gasteiger partial charge in [0.25, 0.3) is 0 Å². The first-order valence-corrected chi connectivity index (χ1v) is 4.42. The lowest BCUT2D eigenvalue weighted by Crippen LogP contribution is -2.29. The van der Waals surface area contributed by atoms with Crippen LogP contribution < -0.4 is 5.32 Å². The van der Waals surface area contributed by atoms with Crippen molar-refractivity contribution < 1.29 is 4.74 Å². The molecule has 0 heterocycles. The summed E-state index contributed by atoms with van der Waals surface area (Å²) >= 11 is 0. The van der Waals surface area contributed by atoms with Crippen LogP contribution in [-0.4, -0.2) is 25.8 Å². The molecule has 0 saturated carbocycles. The second-order valence-electron chi connectivity index (χ2n) is 2.95. The smallest absolute Gasteiger partial charge is 0.0671 e. The van der Waals surface area contributed by atoms with Crippen molar-refractivity contribution in [2.24, 2.45) is 5.92 Å². The molecule has 0 aromatic carbocycles. The fourth-order valence-corrected chi connectivity index (χ4v) is 0.892. The fourth-order valence-electron chi connectivity index (χ4n) is 0.892. The van der Waals surface area contributed by atoms with Crippen LogP contribution in [0.25, 0.3) is 0 Å². The topological polar surface area (TPSA) is 45.0 Å². The summed E-state index contributed by atoms with van der Waals surface area (Å²) < 4.78 is 5.31. The summed E-state index contributed by atoms with van der Waals surface area (Å²) in [6, 6.07) is 2.17. The van der Waals surface area contributed by atoms with Crippen LogP contribution in [0.5, 0.6) is 0 Å². The van der Waals surface area contributed by atoms with Gasteiger partial charge in [0.15, 0.2) is 0 Å². The summed E-state index contributed by atoms with van der Waals surface area (Å²) in [7, 11) is 0. The number of rotatable bonds is 6. The maximum absolute atomic E-state index is 8.48. The Morgan fingerprint density at radius 2 is 2.08 bits per heavy atom. The first kappa shape index (κ1) is 11.4. The van der Waals surface area contributed by atoms with E-state index in [-0.39, 0.29) is 12.0 Å². The molecule has 0 bridgehead atoms. The molecule has 0 saturated heterocycles. The molecular weight excluding hydrogens is 152 g/mol. The first-order valence-electron chi connectivity index (χ1n) is 4.42. The molecule has 0 fully saturated rings. The van der Waals surface area contributed by atoms with Gasteiger partial charge in [-0.1, -0.05) is 0 Å². The largest absolute Gasteiger partial charge is 0.377 e. The van der Waals surface area contributed by atoms with Crippen molar-refractivity contribution in [2.45, 2.75) is 26.9 Å². The van der Waals surface area contributed by atoms with Gasteiger partial charge in [-0.2, -0.15) is 5.26 Å². The Morgan fingerprint density at radius 1 is 1.42 bits per heavy atom. The predicted octanol–water partition coefficient (Wildman–Crippen LogP) is 1.16. The second-order valence-corrected chi connectivity index (χ2v) is 2.95. The molecule has 0 aliphatic rings. The Labute approximate surface area is 74.7 Å². The molecule has 0 aromatic rings. The van der Waals surface area contributed by atoms with Crippen molar-refractivity contribution in [3.8, 4) is 6.07 Å². The third-order valence-electron chi connectivity index (χ3n) is 1.55. The molecule has 0 aliphatic heterocycles. The SMILES string of the molecule is CCOC(C)CNCC(C)C#N. The van der Waals surface area contributed by atoms with Crippen LogP contribution in [0.15, 0.2) is 0 Å². The zero-order valence-corrected chi connectivity index (χ0v) is 8.13. The molecule has 0 rings (SSSR count). The lowest BCUT2D eigenvalue weighted by atomic mass is 10.2. The third kappa shape index (κ3) is 6.14. The predicted molar refractivity (Wildman–Crippen MR) is 48.7 cm³/mol. The van der Waals surface area contributed by atoms with Crippen molar-refractivity contribution >= 4 is 0 Å². The molecule has 0 aliphatic carbocycles. The minimum Gasteiger partial charge on any atom is -0.377 e. The van der Waals surface area contributed by atoms with Gasteiger partial charge in [-0.05, 0) is 20.8 Å². The molecule has 3 heteroatoms. The zero-order chi connectivity index (χ0) is 9.40. The molecular formula is C9H18N2O. The number of ether oxygens (including phenoxy) is 1. The zero-order valence-electron chi connectivity index (χ0n) is 8.13. The summed E-state index contributed by atoms with van der Waals surface area (Å²) in [6.07, 6.45) is 0.237. The van der Waals surface area contributed by atoms with Crippen molar-refractivity contribution in [2.75, 3.05) is 19.7 Å². The minimum absolute atomic E-state index is 0.0822. The lowest BCUT2D eigenvalue weighted by Gasteiger charge is -2.12. The molecule has 1 N–H and O–H groups in total. The minimum atomic E-state index is 0.0822. The van der Waals surface area contributed by atoms with Crippen molar-refractivity contribution in [3.05, 3.63) is 0 Å². The molecule has 0 radical (unpaired) electrons. The van der Waals surface area contributed by atoms with E-state index in [1.165, 1.54) is 0 Å². The Balaban J connectivity index is 3.25. The highest BCUT2D eigenvalue weighted by Gasteiger charge is 2.01. The normalized spacial score (nSPS) is 15.2. The van der Waals surface area contributed by atoms with Crippen LogP contribution in [-0.2, 0) is 4.74 Å². The molecule has 0 amide bonds. The number of hydrogen-bond donors (Lipinski definition) is 1. The molecule has 2 unspecified atom stereocenters. The average Bonchev–Trinajstić information content (AvgIpc) is 2.04. The van der Waals surface area contributed by atoms with Crippen molar-refractivity contribution in [1.29, 1.82) is 5.26 Å². The lowest BCUT2D eigenvalue weighted by molar-refractivity contribution is 0.0759. The van der Waals surface area contributed by atoms with Gasteiger partial charge in [0, 0.05) is 19.7 Å². The van der Waals surface area contributed by atoms with Crippen molar-refractivity contribution in [3.63, 3.8) is 0 Å². The summed E-state index contributed by atoms with van der Waals surface area (Å²) in [5.74, 6) is 0.0822. The fraction of sp³-hybridized carbons (Fsp3) is 0.889. The second kappa shape index (κ2) is 7.08. The van der Waals surface area contributed by atoms with E-state index in [0.717, 1.165) is 19.7 Å².